The number of benzene rings is 4. The Bertz CT molecular complexity index is 1940. The summed E-state index contributed by atoms with van der Waals surface area (Å²) in [6, 6.07) is 31.3. The molecule has 9 nitrogen and oxygen atoms in total. The highest BCUT2D eigenvalue weighted by molar-refractivity contribution is 5.93. The number of aromatic nitrogens is 4. The van der Waals surface area contributed by atoms with Gasteiger partial charge in [-0.25, -0.2) is 9.97 Å². The molecular weight excluding hydrogens is 566 g/mol. The number of carbonyl (C=O) groups excluding carboxylic acids is 1. The molecule has 0 aliphatic carbocycles. The fraction of sp³-hybridized carbons (Fsp3) is 0.222. The van der Waals surface area contributed by atoms with E-state index in [1.807, 2.05) is 97.3 Å². The van der Waals surface area contributed by atoms with Crippen LogP contribution in [0.3, 0.4) is 0 Å². The first-order valence-corrected chi connectivity index (χ1v) is 15.0. The van der Waals surface area contributed by atoms with Crippen LogP contribution in [0.15, 0.2) is 110 Å². The summed E-state index contributed by atoms with van der Waals surface area (Å²) < 4.78 is 15.4. The summed E-state index contributed by atoms with van der Waals surface area (Å²) in [7, 11) is 0. The second-order valence-corrected chi connectivity index (χ2v) is 11.4. The number of hydrogen-bond donors (Lipinski definition) is 2. The van der Waals surface area contributed by atoms with Crippen LogP contribution in [0, 0.1) is 5.92 Å². The van der Waals surface area contributed by atoms with Gasteiger partial charge in [-0.15, -0.1) is 0 Å². The summed E-state index contributed by atoms with van der Waals surface area (Å²) in [6.07, 6.45) is 2.38. The van der Waals surface area contributed by atoms with E-state index in [4.69, 9.17) is 9.47 Å². The largest absolute Gasteiger partial charge is 0.392 e. The van der Waals surface area contributed by atoms with E-state index < -0.39 is 6.29 Å². The minimum absolute atomic E-state index is 0.00805. The molecule has 7 rings (SSSR count). The highest BCUT2D eigenvalue weighted by Crippen LogP contribution is 2.42. The predicted octanol–water partition coefficient (Wildman–Crippen LogP) is 5.89. The predicted molar refractivity (Wildman–Crippen MR) is 170 cm³/mol. The van der Waals surface area contributed by atoms with Crippen LogP contribution in [0.4, 0.5) is 0 Å². The lowest BCUT2D eigenvalue weighted by Gasteiger charge is -2.41. The second-order valence-electron chi connectivity index (χ2n) is 11.4. The van der Waals surface area contributed by atoms with Crippen molar-refractivity contribution < 1.29 is 19.4 Å². The number of rotatable bonds is 8. The standard InChI is InChI=1S/C36H33N5O4/c1-23-33(20-41-22-39-30-8-4-5-9-32(30)41)44-36(45-34(23)26-14-12-25(21-42)13-15-26)27-16-10-24(11-17-27)18-38-35(43)31-19-37-28-6-2-3-7-29(28)40-31/h2-17,19,22-23,33-34,36,42H,18,20-21H2,1H3,(H,38,43)/t23-,33+,34+,36+/m1/s1. The van der Waals surface area contributed by atoms with Gasteiger partial charge in [-0.05, 0) is 41.0 Å². The molecule has 0 spiro atoms. The number of ether oxygens (including phenoxy) is 2. The summed E-state index contributed by atoms with van der Waals surface area (Å²) >= 11 is 0. The Kier molecular flexibility index (Phi) is 8.04. The molecule has 0 unspecified atom stereocenters. The van der Waals surface area contributed by atoms with Crippen LogP contribution in [0.1, 0.15) is 52.1 Å². The van der Waals surface area contributed by atoms with Gasteiger partial charge in [0, 0.05) is 18.0 Å². The molecule has 9 heteroatoms. The summed E-state index contributed by atoms with van der Waals surface area (Å²) in [4.78, 5) is 26.1. The van der Waals surface area contributed by atoms with Crippen LogP contribution >= 0.6 is 0 Å². The molecule has 1 aliphatic heterocycles. The Hall–Kier alpha value is -4.96. The number of aliphatic hydroxyl groups is 1. The SMILES string of the molecule is C[C@@H]1[C@H](Cn2cnc3ccccc32)O[C@H](c2ccc(CNC(=O)c3cnc4ccccc4n3)cc2)O[C@@H]1c1ccc(CO)cc1. The fourth-order valence-corrected chi connectivity index (χ4v) is 5.81. The lowest BCUT2D eigenvalue weighted by molar-refractivity contribution is -0.276. The molecule has 4 aromatic carbocycles. The Morgan fingerprint density at radius 2 is 1.51 bits per heavy atom. The van der Waals surface area contributed by atoms with Gasteiger partial charge in [-0.1, -0.05) is 79.7 Å². The molecule has 0 radical (unpaired) electrons. The molecule has 45 heavy (non-hydrogen) atoms. The van der Waals surface area contributed by atoms with E-state index in [0.29, 0.717) is 18.6 Å². The lowest BCUT2D eigenvalue weighted by atomic mass is 9.90. The van der Waals surface area contributed by atoms with Crippen molar-refractivity contribution in [1.82, 2.24) is 24.8 Å². The van der Waals surface area contributed by atoms with Gasteiger partial charge in [-0.3, -0.25) is 9.78 Å². The first-order chi connectivity index (χ1) is 22.1. The van der Waals surface area contributed by atoms with E-state index in [9.17, 15) is 9.90 Å². The van der Waals surface area contributed by atoms with Crippen molar-refractivity contribution in [2.75, 3.05) is 0 Å². The van der Waals surface area contributed by atoms with Gasteiger partial charge in [0.25, 0.3) is 5.91 Å². The van der Waals surface area contributed by atoms with Crippen molar-refractivity contribution in [2.24, 2.45) is 5.92 Å². The molecule has 0 bridgehead atoms. The van der Waals surface area contributed by atoms with Crippen molar-refractivity contribution in [1.29, 1.82) is 0 Å². The number of nitrogens with zero attached hydrogens (tertiary/aromatic N) is 4. The molecule has 3 heterocycles. The van der Waals surface area contributed by atoms with Gasteiger partial charge >= 0.3 is 0 Å². The molecule has 226 valence electrons. The number of carbonyl (C=O) groups is 1. The van der Waals surface area contributed by atoms with Gasteiger partial charge in [0.15, 0.2) is 6.29 Å². The Morgan fingerprint density at radius 3 is 2.29 bits per heavy atom. The minimum atomic E-state index is -0.597. The van der Waals surface area contributed by atoms with Gasteiger partial charge in [0.05, 0.1) is 60.0 Å². The van der Waals surface area contributed by atoms with Gasteiger partial charge in [0.2, 0.25) is 0 Å². The van der Waals surface area contributed by atoms with E-state index in [0.717, 1.165) is 38.8 Å². The molecule has 1 fully saturated rings. The number of para-hydroxylation sites is 4. The number of imidazole rings is 1. The van der Waals surface area contributed by atoms with Crippen LogP contribution in [0.2, 0.25) is 0 Å². The van der Waals surface area contributed by atoms with Crippen molar-refractivity contribution >= 4 is 28.0 Å². The average Bonchev–Trinajstić information content (AvgIpc) is 3.50. The fourth-order valence-electron chi connectivity index (χ4n) is 5.81. The van der Waals surface area contributed by atoms with Crippen molar-refractivity contribution in [3.63, 3.8) is 0 Å². The minimum Gasteiger partial charge on any atom is -0.392 e. The van der Waals surface area contributed by atoms with Crippen molar-refractivity contribution in [3.05, 3.63) is 138 Å². The maximum Gasteiger partial charge on any atom is 0.271 e. The molecule has 1 amide bonds. The number of nitrogens with one attached hydrogen (secondary N) is 1. The van der Waals surface area contributed by atoms with E-state index in [1.54, 1.807) is 0 Å². The smallest absolute Gasteiger partial charge is 0.271 e. The molecule has 0 saturated carbocycles. The maximum atomic E-state index is 12.8. The van der Waals surface area contributed by atoms with E-state index >= 15 is 0 Å². The molecule has 1 aliphatic rings. The zero-order valence-electron chi connectivity index (χ0n) is 24.8. The topological polar surface area (TPSA) is 111 Å². The third kappa shape index (κ3) is 6.06. The third-order valence-corrected chi connectivity index (χ3v) is 8.41. The molecule has 4 atom stereocenters. The Morgan fingerprint density at radius 1 is 0.822 bits per heavy atom. The first kappa shape index (κ1) is 28.8. The first-order valence-electron chi connectivity index (χ1n) is 15.0. The van der Waals surface area contributed by atoms with Crippen LogP contribution < -0.4 is 5.32 Å². The molecule has 1 saturated heterocycles. The lowest BCUT2D eigenvalue weighted by Crippen LogP contribution is -2.39. The van der Waals surface area contributed by atoms with E-state index in [1.165, 1.54) is 6.20 Å². The van der Waals surface area contributed by atoms with Gasteiger partial charge in [-0.2, -0.15) is 0 Å². The molecule has 2 aromatic heterocycles. The molecule has 2 N–H and O–H groups in total. The van der Waals surface area contributed by atoms with Crippen LogP contribution in [0.5, 0.6) is 0 Å². The monoisotopic (exact) mass is 599 g/mol. The van der Waals surface area contributed by atoms with Gasteiger partial charge in [0.1, 0.15) is 5.69 Å². The quantitative estimate of drug-likeness (QED) is 0.224. The van der Waals surface area contributed by atoms with Crippen LogP contribution in [0.25, 0.3) is 22.1 Å². The second kappa shape index (κ2) is 12.6. The maximum absolute atomic E-state index is 12.8. The van der Waals surface area contributed by atoms with Crippen molar-refractivity contribution in [2.45, 2.75) is 45.1 Å². The number of aliphatic hydroxyl groups excluding tert-OH is 1. The zero-order valence-corrected chi connectivity index (χ0v) is 24.8. The third-order valence-electron chi connectivity index (χ3n) is 8.41. The summed E-state index contributed by atoms with van der Waals surface area (Å²) in [6.45, 7) is 3.10. The highest BCUT2D eigenvalue weighted by atomic mass is 16.7. The van der Waals surface area contributed by atoms with E-state index in [-0.39, 0.29) is 36.3 Å². The number of hydrogen-bond acceptors (Lipinski definition) is 7. The zero-order chi connectivity index (χ0) is 30.8. The number of fused-ring (bicyclic) bond motifs is 2. The normalized spacial score (nSPS) is 20.0. The summed E-state index contributed by atoms with van der Waals surface area (Å²) in [5.74, 6) is -0.245. The van der Waals surface area contributed by atoms with Crippen LogP contribution in [-0.2, 0) is 29.2 Å². The van der Waals surface area contributed by atoms with Gasteiger partial charge < -0.3 is 24.5 Å². The summed E-state index contributed by atoms with van der Waals surface area (Å²) in [5.41, 5.74) is 7.41. The Labute approximate surface area is 260 Å². The average molecular weight is 600 g/mol. The Balaban J connectivity index is 1.09. The van der Waals surface area contributed by atoms with Crippen LogP contribution in [-0.4, -0.2) is 36.6 Å². The van der Waals surface area contributed by atoms with E-state index in [2.05, 4.69) is 37.8 Å². The molecule has 6 aromatic rings. The number of amides is 1. The molecular formula is C36H33N5O4. The summed E-state index contributed by atoms with van der Waals surface area (Å²) in [5, 5.41) is 12.5. The highest BCUT2D eigenvalue weighted by Gasteiger charge is 2.38. The van der Waals surface area contributed by atoms with Crippen molar-refractivity contribution in [3.8, 4) is 0 Å².